The molecule has 0 radical (unpaired) electrons. The summed E-state index contributed by atoms with van der Waals surface area (Å²) in [6, 6.07) is 2.15. The number of likely N-dealkylation sites (N-methyl/N-ethyl adjacent to an activating group) is 1. The molecule has 0 aliphatic carbocycles. The molecule has 0 aromatic rings. The number of rotatable bonds is 7. The number of carbonyl (C=O) groups excluding carboxylic acids is 2. The fourth-order valence-corrected chi connectivity index (χ4v) is 1.86. The first-order chi connectivity index (χ1) is 9.93. The first-order valence-electron chi connectivity index (χ1n) is 7.80. The zero-order valence-electron chi connectivity index (χ0n) is 15.0. The summed E-state index contributed by atoms with van der Waals surface area (Å²) < 4.78 is 0. The van der Waals surface area contributed by atoms with E-state index in [0.717, 1.165) is 4.90 Å². The Hall–Kier alpha value is -1.61. The normalized spacial score (nSPS) is 15.6. The van der Waals surface area contributed by atoms with Gasteiger partial charge in [-0.15, -0.1) is 0 Å². The van der Waals surface area contributed by atoms with Gasteiger partial charge in [-0.25, -0.2) is 0 Å². The van der Waals surface area contributed by atoms with Crippen LogP contribution < -0.4 is 15.5 Å². The van der Waals surface area contributed by atoms with E-state index in [9.17, 15) is 14.9 Å². The second-order valence-electron chi connectivity index (χ2n) is 7.27. The third-order valence-corrected chi connectivity index (χ3v) is 3.62. The summed E-state index contributed by atoms with van der Waals surface area (Å²) in [5, 5.41) is 14.9. The van der Waals surface area contributed by atoms with Crippen LogP contribution in [0.3, 0.4) is 0 Å². The van der Waals surface area contributed by atoms with E-state index >= 15 is 0 Å². The Morgan fingerprint density at radius 2 is 1.55 bits per heavy atom. The molecule has 1 unspecified atom stereocenters. The summed E-state index contributed by atoms with van der Waals surface area (Å²) in [6.45, 7) is 14.3. The van der Waals surface area contributed by atoms with Crippen LogP contribution in [0.2, 0.25) is 0 Å². The monoisotopic (exact) mass is 311 g/mol. The van der Waals surface area contributed by atoms with Gasteiger partial charge in [0.1, 0.15) is 5.54 Å². The molecule has 0 spiro atoms. The fourth-order valence-electron chi connectivity index (χ4n) is 1.86. The molecule has 0 aliphatic rings. The average Bonchev–Trinajstić information content (AvgIpc) is 2.34. The van der Waals surface area contributed by atoms with Crippen molar-refractivity contribution >= 4 is 11.8 Å². The van der Waals surface area contributed by atoms with E-state index in [-0.39, 0.29) is 36.4 Å². The molecule has 126 valence electrons. The summed E-state index contributed by atoms with van der Waals surface area (Å²) in [4.78, 5) is 25.0. The lowest BCUT2D eigenvalue weighted by Gasteiger charge is -2.28. The molecule has 3 N–H and O–H groups in total. The van der Waals surface area contributed by atoms with Gasteiger partial charge >= 0.3 is 0 Å². The Morgan fingerprint density at radius 3 is 1.86 bits per heavy atom. The van der Waals surface area contributed by atoms with Crippen LogP contribution in [0, 0.1) is 17.2 Å². The van der Waals surface area contributed by atoms with Crippen molar-refractivity contribution in [2.24, 2.45) is 5.92 Å². The number of hydrogen-bond donors (Lipinski definition) is 3. The van der Waals surface area contributed by atoms with E-state index in [1.807, 2.05) is 41.5 Å². The largest absolute Gasteiger partial charge is 0.347 e. The molecule has 2 atom stereocenters. The van der Waals surface area contributed by atoms with Gasteiger partial charge in [0.2, 0.25) is 0 Å². The Bertz CT molecular complexity index is 434. The summed E-state index contributed by atoms with van der Waals surface area (Å²) in [6.07, 6.45) is 0. The smallest absolute Gasteiger partial charge is 0.276 e. The molecular formula is C16H31N4O2+. The zero-order valence-corrected chi connectivity index (χ0v) is 15.0. The zero-order chi connectivity index (χ0) is 17.6. The number of nitrogens with zero attached hydrogens (tertiary/aromatic N) is 1. The van der Waals surface area contributed by atoms with Crippen LogP contribution in [0.15, 0.2) is 0 Å². The highest BCUT2D eigenvalue weighted by atomic mass is 16.2. The predicted octanol–water partition coefficient (Wildman–Crippen LogP) is -0.140. The van der Waals surface area contributed by atoms with Crippen LogP contribution in [0.5, 0.6) is 0 Å². The van der Waals surface area contributed by atoms with E-state index in [4.69, 9.17) is 0 Å². The average molecular weight is 311 g/mol. The molecule has 0 rings (SSSR count). The van der Waals surface area contributed by atoms with Crippen LogP contribution in [0.4, 0.5) is 0 Å². The van der Waals surface area contributed by atoms with Crippen molar-refractivity contribution in [1.29, 1.82) is 5.26 Å². The molecule has 0 fully saturated rings. The highest BCUT2D eigenvalue weighted by molar-refractivity contribution is 5.80. The lowest BCUT2D eigenvalue weighted by molar-refractivity contribution is -0.882. The number of quaternary nitrogens is 1. The van der Waals surface area contributed by atoms with Crippen molar-refractivity contribution in [3.8, 4) is 6.07 Å². The second-order valence-corrected chi connectivity index (χ2v) is 7.27. The van der Waals surface area contributed by atoms with Crippen LogP contribution in [-0.4, -0.2) is 42.5 Å². The summed E-state index contributed by atoms with van der Waals surface area (Å²) in [5.74, 6) is -0.280. The number of hydrogen-bond acceptors (Lipinski definition) is 3. The molecule has 0 aromatic heterocycles. The van der Waals surface area contributed by atoms with E-state index in [0.29, 0.717) is 6.54 Å². The number of amides is 2. The maximum absolute atomic E-state index is 12.1. The van der Waals surface area contributed by atoms with E-state index in [1.165, 1.54) is 0 Å². The molecule has 6 nitrogen and oxygen atoms in total. The lowest BCUT2D eigenvalue weighted by atomic mass is 9.90. The van der Waals surface area contributed by atoms with Crippen molar-refractivity contribution in [2.75, 3.05) is 19.6 Å². The molecule has 0 saturated carbocycles. The van der Waals surface area contributed by atoms with E-state index in [2.05, 4.69) is 16.7 Å². The van der Waals surface area contributed by atoms with Crippen molar-refractivity contribution in [3.05, 3.63) is 0 Å². The molecule has 0 aliphatic heterocycles. The van der Waals surface area contributed by atoms with Crippen molar-refractivity contribution in [3.63, 3.8) is 0 Å². The lowest BCUT2D eigenvalue weighted by Crippen LogP contribution is -3.14. The Balaban J connectivity index is 4.60. The molecule has 0 heterocycles. The van der Waals surface area contributed by atoms with Crippen LogP contribution >= 0.6 is 0 Å². The van der Waals surface area contributed by atoms with Gasteiger partial charge < -0.3 is 15.5 Å². The Morgan fingerprint density at radius 1 is 1.09 bits per heavy atom. The molecule has 6 heteroatoms. The number of nitrogens with one attached hydrogen (secondary N) is 3. The minimum Gasteiger partial charge on any atom is -0.347 e. The van der Waals surface area contributed by atoms with Gasteiger partial charge in [-0.3, -0.25) is 9.59 Å². The summed E-state index contributed by atoms with van der Waals surface area (Å²) in [5.41, 5.74) is -1.17. The number of carbonyl (C=O) groups is 2. The summed E-state index contributed by atoms with van der Waals surface area (Å²) >= 11 is 0. The highest BCUT2D eigenvalue weighted by Crippen LogP contribution is 2.14. The number of nitriles is 1. The highest BCUT2D eigenvalue weighted by Gasteiger charge is 2.31. The first kappa shape index (κ1) is 20.4. The van der Waals surface area contributed by atoms with Crippen molar-refractivity contribution in [1.82, 2.24) is 10.6 Å². The topological polar surface area (TPSA) is 86.4 Å². The van der Waals surface area contributed by atoms with Gasteiger partial charge in [0.05, 0.1) is 12.6 Å². The maximum Gasteiger partial charge on any atom is 0.276 e. The van der Waals surface area contributed by atoms with Crippen LogP contribution in [0.1, 0.15) is 48.5 Å². The first-order valence-corrected chi connectivity index (χ1v) is 7.80. The maximum atomic E-state index is 12.1. The molecule has 0 bridgehead atoms. The third kappa shape index (κ3) is 7.41. The molecule has 2 amide bonds. The predicted molar refractivity (Wildman–Crippen MR) is 86.1 cm³/mol. The Kier molecular flexibility index (Phi) is 7.54. The van der Waals surface area contributed by atoms with Crippen LogP contribution in [-0.2, 0) is 9.59 Å². The van der Waals surface area contributed by atoms with E-state index in [1.54, 1.807) is 6.92 Å². The quantitative estimate of drug-likeness (QED) is 0.612. The van der Waals surface area contributed by atoms with Gasteiger partial charge in [0.25, 0.3) is 11.8 Å². The minimum absolute atomic E-state index is 0.00992. The molecular weight excluding hydrogens is 280 g/mol. The molecule has 0 saturated heterocycles. The summed E-state index contributed by atoms with van der Waals surface area (Å²) in [7, 11) is 0. The molecule has 0 aromatic carbocycles. The third-order valence-electron chi connectivity index (χ3n) is 3.62. The van der Waals surface area contributed by atoms with Gasteiger partial charge in [-0.2, -0.15) is 5.26 Å². The Labute approximate surface area is 134 Å². The minimum atomic E-state index is -0.885. The fraction of sp³-hybridized carbons (Fsp3) is 0.812. The van der Waals surface area contributed by atoms with Gasteiger partial charge in [0, 0.05) is 5.54 Å². The van der Waals surface area contributed by atoms with Gasteiger partial charge in [0.15, 0.2) is 13.1 Å². The van der Waals surface area contributed by atoms with Gasteiger partial charge in [-0.05, 0) is 40.5 Å². The van der Waals surface area contributed by atoms with Crippen molar-refractivity contribution < 1.29 is 14.5 Å². The SMILES string of the molecule is CC[NH+](CC(=O)NC(C)(C)C)CC(=O)N[C@@](C)(C#N)C(C)C. The molecule has 22 heavy (non-hydrogen) atoms. The van der Waals surface area contributed by atoms with Gasteiger partial charge in [-0.1, -0.05) is 13.8 Å². The standard InChI is InChI=1S/C16H30N4O2/c1-8-20(9-13(21)18-15(4,5)6)10-14(22)19-16(7,11-17)12(2)3/h12H,8-10H2,1-7H3,(H,18,21)(H,19,22)/p+1/t16-/m0/s1. The van der Waals surface area contributed by atoms with E-state index < -0.39 is 5.54 Å². The second kappa shape index (κ2) is 8.14. The van der Waals surface area contributed by atoms with Crippen LogP contribution in [0.25, 0.3) is 0 Å². The van der Waals surface area contributed by atoms with Crippen molar-refractivity contribution in [2.45, 2.75) is 59.5 Å².